The van der Waals surface area contributed by atoms with Crippen molar-refractivity contribution >= 4 is 5.91 Å². The number of hydrogen-bond donors (Lipinski definition) is 3. The van der Waals surface area contributed by atoms with E-state index < -0.39 is 18.1 Å². The molecule has 2 rings (SSSR count). The van der Waals surface area contributed by atoms with Crippen LogP contribution in [0.5, 0.6) is 0 Å². The number of aliphatic hydroxyl groups is 2. The van der Waals surface area contributed by atoms with E-state index in [4.69, 9.17) is 5.11 Å². The summed E-state index contributed by atoms with van der Waals surface area (Å²) in [6.45, 7) is 1.20. The molecule has 6 nitrogen and oxygen atoms in total. The number of nitrogens with one attached hydrogen (secondary N) is 1. The van der Waals surface area contributed by atoms with Crippen LogP contribution in [0.15, 0.2) is 12.3 Å². The molecule has 0 radical (unpaired) electrons. The van der Waals surface area contributed by atoms with Crippen molar-refractivity contribution in [1.82, 2.24) is 15.3 Å². The van der Waals surface area contributed by atoms with Gasteiger partial charge in [-0.1, -0.05) is 0 Å². The monoisotopic (exact) mass is 251 g/mol. The summed E-state index contributed by atoms with van der Waals surface area (Å²) in [6, 6.07) is 0.842. The van der Waals surface area contributed by atoms with Crippen LogP contribution in [0, 0.1) is 0 Å². The molecule has 2 atom stereocenters. The van der Waals surface area contributed by atoms with E-state index in [1.54, 1.807) is 6.20 Å². The van der Waals surface area contributed by atoms with E-state index in [0.29, 0.717) is 11.7 Å². The van der Waals surface area contributed by atoms with Crippen molar-refractivity contribution in [1.29, 1.82) is 0 Å². The number of aliphatic hydroxyl groups excluding tert-OH is 2. The van der Waals surface area contributed by atoms with Gasteiger partial charge in [-0.2, -0.15) is 0 Å². The van der Waals surface area contributed by atoms with Crippen molar-refractivity contribution < 1.29 is 15.0 Å². The van der Waals surface area contributed by atoms with Gasteiger partial charge in [-0.25, -0.2) is 9.97 Å². The predicted molar refractivity (Wildman–Crippen MR) is 64.0 cm³/mol. The number of aromatic nitrogens is 2. The quantitative estimate of drug-likeness (QED) is 0.675. The fourth-order valence-corrected chi connectivity index (χ4v) is 1.60. The minimum atomic E-state index is -0.816. The number of carbonyl (C=O) groups excluding carboxylic acids is 1. The molecule has 18 heavy (non-hydrogen) atoms. The summed E-state index contributed by atoms with van der Waals surface area (Å²) in [5.41, 5.74) is 0.269. The van der Waals surface area contributed by atoms with Crippen molar-refractivity contribution in [2.24, 2.45) is 0 Å². The highest BCUT2D eigenvalue weighted by molar-refractivity contribution is 5.92. The summed E-state index contributed by atoms with van der Waals surface area (Å²) in [6.07, 6.45) is 2.88. The Morgan fingerprint density at radius 1 is 1.61 bits per heavy atom. The molecular formula is C12H17N3O3. The number of nitrogens with zero attached hydrogens (tertiary/aromatic N) is 2. The number of rotatable bonds is 5. The summed E-state index contributed by atoms with van der Waals surface area (Å²) in [4.78, 5) is 20.2. The first kappa shape index (κ1) is 12.9. The van der Waals surface area contributed by atoms with Crippen molar-refractivity contribution in [2.75, 3.05) is 6.61 Å². The van der Waals surface area contributed by atoms with E-state index in [2.05, 4.69) is 15.3 Å². The number of hydrogen-bond acceptors (Lipinski definition) is 5. The zero-order valence-corrected chi connectivity index (χ0v) is 10.2. The second-order valence-corrected chi connectivity index (χ2v) is 4.58. The lowest BCUT2D eigenvalue weighted by Crippen LogP contribution is -2.44. The highest BCUT2D eigenvalue weighted by atomic mass is 16.3. The molecule has 0 saturated heterocycles. The van der Waals surface area contributed by atoms with Crippen LogP contribution in [0.1, 0.15) is 42.0 Å². The molecule has 1 amide bonds. The molecule has 1 aromatic rings. The molecule has 1 heterocycles. The van der Waals surface area contributed by atoms with Gasteiger partial charge in [0, 0.05) is 12.1 Å². The first-order chi connectivity index (χ1) is 8.61. The van der Waals surface area contributed by atoms with Crippen LogP contribution in [-0.2, 0) is 0 Å². The summed E-state index contributed by atoms with van der Waals surface area (Å²) in [7, 11) is 0. The standard InChI is InChI=1S/C12H17N3O3/c1-7(17)10(6-16)15-12(18)9-4-5-13-11(14-9)8-2-3-8/h4-5,7-8,10,16-17H,2-3,6H2,1H3,(H,15,18)/t7-,10-/m1/s1. The van der Waals surface area contributed by atoms with Crippen LogP contribution in [0.3, 0.4) is 0 Å². The molecule has 1 saturated carbocycles. The Morgan fingerprint density at radius 2 is 2.33 bits per heavy atom. The fraction of sp³-hybridized carbons (Fsp3) is 0.583. The van der Waals surface area contributed by atoms with E-state index in [1.165, 1.54) is 13.0 Å². The molecule has 98 valence electrons. The first-order valence-electron chi connectivity index (χ1n) is 6.04. The normalized spacial score (nSPS) is 18.2. The van der Waals surface area contributed by atoms with Crippen LogP contribution in [-0.4, -0.2) is 44.8 Å². The maximum Gasteiger partial charge on any atom is 0.270 e. The molecule has 0 aromatic carbocycles. The van der Waals surface area contributed by atoms with Gasteiger partial charge < -0.3 is 15.5 Å². The Morgan fingerprint density at radius 3 is 2.89 bits per heavy atom. The Labute approximate surface area is 105 Å². The molecule has 3 N–H and O–H groups in total. The van der Waals surface area contributed by atoms with Gasteiger partial charge in [0.2, 0.25) is 0 Å². The Balaban J connectivity index is 2.05. The Hall–Kier alpha value is -1.53. The van der Waals surface area contributed by atoms with Crippen LogP contribution in [0.25, 0.3) is 0 Å². The maximum atomic E-state index is 11.9. The fourth-order valence-electron chi connectivity index (χ4n) is 1.60. The molecule has 0 spiro atoms. The van der Waals surface area contributed by atoms with Crippen LogP contribution < -0.4 is 5.32 Å². The third-order valence-electron chi connectivity index (χ3n) is 2.94. The van der Waals surface area contributed by atoms with Gasteiger partial charge in [-0.3, -0.25) is 4.79 Å². The van der Waals surface area contributed by atoms with Crippen LogP contribution >= 0.6 is 0 Å². The minimum Gasteiger partial charge on any atom is -0.394 e. The average molecular weight is 251 g/mol. The highest BCUT2D eigenvalue weighted by Crippen LogP contribution is 2.37. The molecular weight excluding hydrogens is 234 g/mol. The summed E-state index contributed by atoms with van der Waals surface area (Å²) in [5.74, 6) is 0.669. The largest absolute Gasteiger partial charge is 0.394 e. The second-order valence-electron chi connectivity index (χ2n) is 4.58. The lowest BCUT2D eigenvalue weighted by atomic mass is 10.2. The van der Waals surface area contributed by atoms with Gasteiger partial charge in [-0.15, -0.1) is 0 Å². The molecule has 0 aliphatic heterocycles. The van der Waals surface area contributed by atoms with Gasteiger partial charge in [0.1, 0.15) is 11.5 Å². The minimum absolute atomic E-state index is 0.269. The first-order valence-corrected chi connectivity index (χ1v) is 6.04. The molecule has 0 bridgehead atoms. The molecule has 6 heteroatoms. The smallest absolute Gasteiger partial charge is 0.270 e. The summed E-state index contributed by atoms with van der Waals surface area (Å²) in [5, 5.41) is 20.9. The highest BCUT2D eigenvalue weighted by Gasteiger charge is 2.27. The Kier molecular flexibility index (Phi) is 3.88. The van der Waals surface area contributed by atoms with Crippen molar-refractivity contribution in [3.63, 3.8) is 0 Å². The molecule has 1 aliphatic rings. The van der Waals surface area contributed by atoms with Gasteiger partial charge in [0.25, 0.3) is 5.91 Å². The van der Waals surface area contributed by atoms with Gasteiger partial charge in [0.05, 0.1) is 18.8 Å². The van der Waals surface area contributed by atoms with Crippen molar-refractivity contribution in [3.05, 3.63) is 23.8 Å². The van der Waals surface area contributed by atoms with Crippen molar-refractivity contribution in [3.8, 4) is 0 Å². The molecule has 1 fully saturated rings. The van der Waals surface area contributed by atoms with Crippen molar-refractivity contribution in [2.45, 2.75) is 37.8 Å². The van der Waals surface area contributed by atoms with E-state index in [1.807, 2.05) is 0 Å². The lowest BCUT2D eigenvalue weighted by Gasteiger charge is -2.18. The number of carbonyl (C=O) groups is 1. The van der Waals surface area contributed by atoms with E-state index in [9.17, 15) is 9.90 Å². The molecule has 1 aromatic heterocycles. The lowest BCUT2D eigenvalue weighted by molar-refractivity contribution is 0.0753. The SMILES string of the molecule is C[C@@H](O)[C@@H](CO)NC(=O)c1ccnc(C2CC2)n1. The zero-order chi connectivity index (χ0) is 13.1. The summed E-state index contributed by atoms with van der Waals surface area (Å²) >= 11 is 0. The Bertz CT molecular complexity index is 432. The van der Waals surface area contributed by atoms with Gasteiger partial charge >= 0.3 is 0 Å². The van der Waals surface area contributed by atoms with E-state index >= 15 is 0 Å². The van der Waals surface area contributed by atoms with Gasteiger partial charge in [-0.05, 0) is 25.8 Å². The zero-order valence-electron chi connectivity index (χ0n) is 10.2. The van der Waals surface area contributed by atoms with E-state index in [0.717, 1.165) is 12.8 Å². The average Bonchev–Trinajstić information content (AvgIpc) is 3.19. The second kappa shape index (κ2) is 5.41. The van der Waals surface area contributed by atoms with E-state index in [-0.39, 0.29) is 12.3 Å². The topological polar surface area (TPSA) is 95.3 Å². The summed E-state index contributed by atoms with van der Waals surface area (Å²) < 4.78 is 0. The molecule has 1 aliphatic carbocycles. The van der Waals surface area contributed by atoms with Gasteiger partial charge in [0.15, 0.2) is 0 Å². The third kappa shape index (κ3) is 3.02. The molecule has 0 unspecified atom stereocenters. The van der Waals surface area contributed by atoms with Crippen LogP contribution in [0.2, 0.25) is 0 Å². The maximum absolute atomic E-state index is 11.9. The third-order valence-corrected chi connectivity index (χ3v) is 2.94. The van der Waals surface area contributed by atoms with Crippen LogP contribution in [0.4, 0.5) is 0 Å². The number of amides is 1. The predicted octanol–water partition coefficient (Wildman–Crippen LogP) is -0.175.